The Balaban J connectivity index is 2.16. The first kappa shape index (κ1) is 15.0. The van der Waals surface area contributed by atoms with E-state index in [4.69, 9.17) is 4.74 Å². The molecule has 0 fully saturated rings. The summed E-state index contributed by atoms with van der Waals surface area (Å²) in [7, 11) is 0. The molecule has 0 bridgehead atoms. The van der Waals surface area contributed by atoms with Crippen LogP contribution >= 0.6 is 0 Å². The number of aryl methyl sites for hydroxylation is 1. The van der Waals surface area contributed by atoms with E-state index in [2.05, 4.69) is 18.3 Å². The van der Waals surface area contributed by atoms with Gasteiger partial charge in [-0.05, 0) is 42.8 Å². The molecule has 21 heavy (non-hydrogen) atoms. The van der Waals surface area contributed by atoms with Crippen LogP contribution in [0.1, 0.15) is 18.1 Å². The van der Waals surface area contributed by atoms with Crippen LogP contribution in [-0.2, 0) is 6.54 Å². The summed E-state index contributed by atoms with van der Waals surface area (Å²) in [5.74, 6) is 1.35. The van der Waals surface area contributed by atoms with E-state index in [9.17, 15) is 10.1 Å². The van der Waals surface area contributed by atoms with E-state index in [0.29, 0.717) is 5.75 Å². The first-order chi connectivity index (χ1) is 10.1. The molecule has 110 valence electrons. The van der Waals surface area contributed by atoms with Gasteiger partial charge in [0.15, 0.2) is 0 Å². The van der Waals surface area contributed by atoms with Gasteiger partial charge in [-0.3, -0.25) is 10.1 Å². The highest BCUT2D eigenvalue weighted by Crippen LogP contribution is 2.27. The van der Waals surface area contributed by atoms with E-state index >= 15 is 0 Å². The van der Waals surface area contributed by atoms with Crippen LogP contribution in [-0.4, -0.2) is 11.5 Å². The zero-order valence-corrected chi connectivity index (χ0v) is 12.1. The molecule has 0 saturated carbocycles. The highest BCUT2D eigenvalue weighted by molar-refractivity contribution is 5.42. The number of hydrogen-bond acceptors (Lipinski definition) is 4. The van der Waals surface area contributed by atoms with Gasteiger partial charge in [0.2, 0.25) is 0 Å². The van der Waals surface area contributed by atoms with E-state index in [1.807, 2.05) is 19.1 Å². The first-order valence-corrected chi connectivity index (χ1v) is 6.82. The minimum atomic E-state index is -0.425. The molecular weight excluding hydrogens is 268 g/mol. The van der Waals surface area contributed by atoms with Gasteiger partial charge in [-0.25, -0.2) is 0 Å². The third-order valence-corrected chi connectivity index (χ3v) is 3.11. The summed E-state index contributed by atoms with van der Waals surface area (Å²) >= 11 is 0. The van der Waals surface area contributed by atoms with Crippen LogP contribution in [0.5, 0.6) is 11.5 Å². The standard InChI is InChI=1S/C16H18N2O3/c1-3-17-11-13-5-4-12(2)16(10-13)21-15-8-6-14(7-9-15)18(19)20/h4-10,17H,3,11H2,1-2H3. The molecular formula is C16H18N2O3. The Kier molecular flexibility index (Phi) is 4.90. The molecule has 0 unspecified atom stereocenters. The Hall–Kier alpha value is -2.40. The van der Waals surface area contributed by atoms with E-state index in [1.165, 1.54) is 12.1 Å². The molecule has 5 heteroatoms. The van der Waals surface area contributed by atoms with Crippen molar-refractivity contribution >= 4 is 5.69 Å². The highest BCUT2D eigenvalue weighted by atomic mass is 16.6. The van der Waals surface area contributed by atoms with Crippen molar-refractivity contribution < 1.29 is 9.66 Å². The van der Waals surface area contributed by atoms with Crippen LogP contribution < -0.4 is 10.1 Å². The Bertz CT molecular complexity index is 624. The molecule has 2 aromatic rings. The van der Waals surface area contributed by atoms with Crippen LogP contribution in [0.2, 0.25) is 0 Å². The van der Waals surface area contributed by atoms with E-state index in [0.717, 1.165) is 30.0 Å². The van der Waals surface area contributed by atoms with Crippen LogP contribution in [0.3, 0.4) is 0 Å². The third-order valence-electron chi connectivity index (χ3n) is 3.11. The van der Waals surface area contributed by atoms with Gasteiger partial charge in [0.1, 0.15) is 11.5 Å². The minimum absolute atomic E-state index is 0.0555. The van der Waals surface area contributed by atoms with E-state index in [-0.39, 0.29) is 5.69 Å². The molecule has 0 atom stereocenters. The van der Waals surface area contributed by atoms with Crippen LogP contribution in [0.15, 0.2) is 42.5 Å². The monoisotopic (exact) mass is 286 g/mol. The molecule has 0 spiro atoms. The maximum absolute atomic E-state index is 10.6. The quantitative estimate of drug-likeness (QED) is 0.648. The van der Waals surface area contributed by atoms with E-state index in [1.54, 1.807) is 12.1 Å². The molecule has 0 heterocycles. The molecule has 2 rings (SSSR count). The third kappa shape index (κ3) is 4.03. The lowest BCUT2D eigenvalue weighted by Gasteiger charge is -2.11. The summed E-state index contributed by atoms with van der Waals surface area (Å²) < 4.78 is 5.81. The Labute approximate surface area is 123 Å². The topological polar surface area (TPSA) is 64.4 Å². The van der Waals surface area contributed by atoms with Gasteiger partial charge >= 0.3 is 0 Å². The average Bonchev–Trinajstić information content (AvgIpc) is 2.48. The summed E-state index contributed by atoms with van der Waals surface area (Å²) in [5.41, 5.74) is 2.22. The molecule has 0 aliphatic carbocycles. The summed E-state index contributed by atoms with van der Waals surface area (Å²) in [6.07, 6.45) is 0. The van der Waals surface area contributed by atoms with Crippen molar-refractivity contribution in [2.75, 3.05) is 6.54 Å². The van der Waals surface area contributed by atoms with Crippen molar-refractivity contribution in [2.24, 2.45) is 0 Å². The highest BCUT2D eigenvalue weighted by Gasteiger charge is 2.07. The number of hydrogen-bond donors (Lipinski definition) is 1. The SMILES string of the molecule is CCNCc1ccc(C)c(Oc2ccc([N+](=O)[O-])cc2)c1. The maximum atomic E-state index is 10.6. The number of nitrogens with zero attached hydrogens (tertiary/aromatic N) is 1. The molecule has 2 aromatic carbocycles. The number of non-ortho nitro benzene ring substituents is 1. The zero-order chi connectivity index (χ0) is 15.2. The molecule has 5 nitrogen and oxygen atoms in total. The number of ether oxygens (including phenoxy) is 1. The van der Waals surface area contributed by atoms with Crippen molar-refractivity contribution in [1.29, 1.82) is 0 Å². The molecule has 0 aliphatic rings. The molecule has 0 aromatic heterocycles. The van der Waals surface area contributed by atoms with Crippen LogP contribution in [0.25, 0.3) is 0 Å². The normalized spacial score (nSPS) is 10.4. The lowest BCUT2D eigenvalue weighted by atomic mass is 10.1. The predicted octanol–water partition coefficient (Wildman–Crippen LogP) is 3.81. The summed E-state index contributed by atoms with van der Waals surface area (Å²) in [5, 5.41) is 13.9. The van der Waals surface area contributed by atoms with Crippen molar-refractivity contribution in [3.63, 3.8) is 0 Å². The molecule has 1 N–H and O–H groups in total. The second kappa shape index (κ2) is 6.85. The van der Waals surface area contributed by atoms with Crippen LogP contribution in [0, 0.1) is 17.0 Å². The van der Waals surface area contributed by atoms with Gasteiger partial charge in [-0.1, -0.05) is 19.1 Å². The number of nitro benzene ring substituents is 1. The number of nitro groups is 1. The smallest absolute Gasteiger partial charge is 0.269 e. The maximum Gasteiger partial charge on any atom is 0.269 e. The Morgan fingerprint density at radius 1 is 1.19 bits per heavy atom. The van der Waals surface area contributed by atoms with Crippen molar-refractivity contribution in [1.82, 2.24) is 5.32 Å². The van der Waals surface area contributed by atoms with Gasteiger partial charge < -0.3 is 10.1 Å². The summed E-state index contributed by atoms with van der Waals surface area (Å²) in [4.78, 5) is 10.2. The van der Waals surface area contributed by atoms with Crippen molar-refractivity contribution in [2.45, 2.75) is 20.4 Å². The fraction of sp³-hybridized carbons (Fsp3) is 0.250. The minimum Gasteiger partial charge on any atom is -0.457 e. The van der Waals surface area contributed by atoms with Crippen LogP contribution in [0.4, 0.5) is 5.69 Å². The lowest BCUT2D eigenvalue weighted by molar-refractivity contribution is -0.384. The van der Waals surface area contributed by atoms with Gasteiger partial charge in [-0.2, -0.15) is 0 Å². The largest absolute Gasteiger partial charge is 0.457 e. The fourth-order valence-electron chi connectivity index (χ4n) is 1.90. The van der Waals surface area contributed by atoms with Gasteiger partial charge in [0.25, 0.3) is 5.69 Å². The average molecular weight is 286 g/mol. The summed E-state index contributed by atoms with van der Waals surface area (Å²) in [6.45, 7) is 5.72. The lowest BCUT2D eigenvalue weighted by Crippen LogP contribution is -2.11. The summed E-state index contributed by atoms with van der Waals surface area (Å²) in [6, 6.07) is 12.1. The fourth-order valence-corrected chi connectivity index (χ4v) is 1.90. The second-order valence-corrected chi connectivity index (χ2v) is 4.73. The molecule has 0 aliphatic heterocycles. The van der Waals surface area contributed by atoms with E-state index < -0.39 is 4.92 Å². The predicted molar refractivity (Wildman–Crippen MR) is 81.7 cm³/mol. The zero-order valence-electron chi connectivity index (χ0n) is 12.1. The van der Waals surface area contributed by atoms with Gasteiger partial charge in [-0.15, -0.1) is 0 Å². The van der Waals surface area contributed by atoms with Gasteiger partial charge in [0.05, 0.1) is 4.92 Å². The van der Waals surface area contributed by atoms with Crippen molar-refractivity contribution in [3.8, 4) is 11.5 Å². The first-order valence-electron chi connectivity index (χ1n) is 6.82. The Morgan fingerprint density at radius 3 is 2.52 bits per heavy atom. The molecule has 0 amide bonds. The number of nitrogens with one attached hydrogen (secondary N) is 1. The molecule has 0 saturated heterocycles. The van der Waals surface area contributed by atoms with Gasteiger partial charge in [0, 0.05) is 18.7 Å². The number of benzene rings is 2. The molecule has 0 radical (unpaired) electrons. The van der Waals surface area contributed by atoms with Crippen molar-refractivity contribution in [3.05, 3.63) is 63.7 Å². The Morgan fingerprint density at radius 2 is 1.90 bits per heavy atom. The number of rotatable bonds is 6. The second-order valence-electron chi connectivity index (χ2n) is 4.73.